The lowest BCUT2D eigenvalue weighted by Crippen LogP contribution is -2.54. The third kappa shape index (κ3) is 4.12. The maximum absolute atomic E-state index is 13.6. The molecule has 1 aromatic carbocycles. The van der Waals surface area contributed by atoms with Crippen LogP contribution in [0.1, 0.15) is 50.7 Å². The predicted octanol–water partition coefficient (Wildman–Crippen LogP) is 1.89. The molecule has 3 amide bonds. The smallest absolute Gasteiger partial charge is 0.245 e. The molecule has 178 valence electrons. The highest BCUT2D eigenvalue weighted by atomic mass is 16.2. The number of likely N-dealkylation sites (tertiary alicyclic amines) is 2. The molecule has 2 fully saturated rings. The molecule has 2 aliphatic heterocycles. The van der Waals surface area contributed by atoms with Crippen LogP contribution in [-0.4, -0.2) is 76.8 Å². The van der Waals surface area contributed by atoms with Crippen molar-refractivity contribution in [1.29, 1.82) is 0 Å². The lowest BCUT2D eigenvalue weighted by atomic mass is 9.90. The van der Waals surface area contributed by atoms with Gasteiger partial charge in [-0.1, -0.05) is 19.1 Å². The van der Waals surface area contributed by atoms with E-state index in [1.807, 2.05) is 22.9 Å². The number of H-pyrrole nitrogens is 1. The Kier molecular flexibility index (Phi) is 6.47. The van der Waals surface area contributed by atoms with Crippen LogP contribution in [0.25, 0.3) is 10.9 Å². The highest BCUT2D eigenvalue weighted by Crippen LogP contribution is 2.43. The average molecular weight is 454 g/mol. The molecule has 2 saturated heterocycles. The minimum absolute atomic E-state index is 0.00344. The Labute approximate surface area is 195 Å². The highest BCUT2D eigenvalue weighted by molar-refractivity contribution is 5.90. The van der Waals surface area contributed by atoms with Gasteiger partial charge in [0.2, 0.25) is 17.7 Å². The first-order chi connectivity index (χ1) is 15.8. The first kappa shape index (κ1) is 23.3. The molecule has 0 bridgehead atoms. The van der Waals surface area contributed by atoms with Gasteiger partial charge < -0.3 is 25.4 Å². The molecule has 5 atom stereocenters. The van der Waals surface area contributed by atoms with Gasteiger partial charge in [-0.05, 0) is 50.9 Å². The number of hydrogen-bond acceptors (Lipinski definition) is 4. The molecular weight excluding hydrogens is 418 g/mol. The molecular formula is C25H35N5O3. The lowest BCUT2D eigenvalue weighted by molar-refractivity contribution is -0.138. The van der Waals surface area contributed by atoms with Gasteiger partial charge in [-0.2, -0.15) is 0 Å². The summed E-state index contributed by atoms with van der Waals surface area (Å²) in [6.07, 6.45) is 3.30. The van der Waals surface area contributed by atoms with Gasteiger partial charge in [0.05, 0.1) is 18.1 Å². The average Bonchev–Trinajstić information content (AvgIpc) is 3.49. The van der Waals surface area contributed by atoms with Gasteiger partial charge >= 0.3 is 0 Å². The van der Waals surface area contributed by atoms with Gasteiger partial charge in [0.25, 0.3) is 0 Å². The number of likely N-dealkylation sites (N-methyl/N-ethyl adjacent to an activating group) is 1. The minimum atomic E-state index is -0.579. The van der Waals surface area contributed by atoms with Crippen molar-refractivity contribution in [2.45, 2.75) is 70.6 Å². The fourth-order valence-corrected chi connectivity index (χ4v) is 5.52. The van der Waals surface area contributed by atoms with Crippen molar-refractivity contribution in [2.75, 3.05) is 20.1 Å². The van der Waals surface area contributed by atoms with Crippen LogP contribution in [0, 0.1) is 6.92 Å². The Balaban J connectivity index is 1.66. The molecule has 2 aromatic rings. The van der Waals surface area contributed by atoms with Crippen molar-refractivity contribution in [3.05, 3.63) is 35.5 Å². The van der Waals surface area contributed by atoms with Crippen molar-refractivity contribution < 1.29 is 14.4 Å². The Morgan fingerprint density at radius 3 is 2.67 bits per heavy atom. The van der Waals surface area contributed by atoms with Crippen LogP contribution in [0.2, 0.25) is 0 Å². The summed E-state index contributed by atoms with van der Waals surface area (Å²) in [5.74, 6) is -0.187. The molecule has 0 radical (unpaired) electrons. The summed E-state index contributed by atoms with van der Waals surface area (Å²) in [7, 11) is 1.72. The zero-order valence-electron chi connectivity index (χ0n) is 20.1. The Morgan fingerprint density at radius 1 is 1.24 bits per heavy atom. The normalized spacial score (nSPS) is 24.1. The third-order valence-corrected chi connectivity index (χ3v) is 7.43. The fourth-order valence-electron chi connectivity index (χ4n) is 5.52. The summed E-state index contributed by atoms with van der Waals surface area (Å²) in [4.78, 5) is 45.8. The molecule has 4 rings (SSSR count). The number of benzene rings is 1. The number of carbonyl (C=O) groups is 3. The van der Waals surface area contributed by atoms with Crippen molar-refractivity contribution in [2.24, 2.45) is 0 Å². The van der Waals surface area contributed by atoms with E-state index in [1.165, 1.54) is 5.56 Å². The van der Waals surface area contributed by atoms with E-state index >= 15 is 0 Å². The van der Waals surface area contributed by atoms with E-state index in [2.05, 4.69) is 40.7 Å². The number of carbonyl (C=O) groups excluding carboxylic acids is 3. The summed E-state index contributed by atoms with van der Waals surface area (Å²) in [6.45, 7) is 8.54. The van der Waals surface area contributed by atoms with Gasteiger partial charge in [0.1, 0.15) is 6.04 Å². The summed E-state index contributed by atoms with van der Waals surface area (Å²) in [5, 5.41) is 6.97. The molecule has 0 unspecified atom stereocenters. The topological polar surface area (TPSA) is 97.5 Å². The second-order valence-electron chi connectivity index (χ2n) is 9.43. The number of amides is 3. The lowest BCUT2D eigenvalue weighted by Gasteiger charge is -2.32. The van der Waals surface area contributed by atoms with Crippen molar-refractivity contribution >= 4 is 28.6 Å². The highest BCUT2D eigenvalue weighted by Gasteiger charge is 2.52. The van der Waals surface area contributed by atoms with Gasteiger partial charge in [0.15, 0.2) is 0 Å². The van der Waals surface area contributed by atoms with E-state index in [4.69, 9.17) is 0 Å². The van der Waals surface area contributed by atoms with Gasteiger partial charge in [0, 0.05) is 43.0 Å². The van der Waals surface area contributed by atoms with Gasteiger partial charge in [-0.15, -0.1) is 0 Å². The van der Waals surface area contributed by atoms with Crippen LogP contribution in [0.5, 0.6) is 0 Å². The quantitative estimate of drug-likeness (QED) is 0.622. The first-order valence-corrected chi connectivity index (χ1v) is 11.9. The molecule has 3 N–H and O–H groups in total. The van der Waals surface area contributed by atoms with E-state index in [9.17, 15) is 14.4 Å². The van der Waals surface area contributed by atoms with Crippen LogP contribution >= 0.6 is 0 Å². The molecule has 3 heterocycles. The number of aromatic amines is 1. The van der Waals surface area contributed by atoms with Gasteiger partial charge in [-0.25, -0.2) is 0 Å². The van der Waals surface area contributed by atoms with Crippen molar-refractivity contribution in [1.82, 2.24) is 25.4 Å². The van der Waals surface area contributed by atoms with Crippen LogP contribution in [-0.2, 0) is 14.4 Å². The van der Waals surface area contributed by atoms with E-state index < -0.39 is 6.04 Å². The van der Waals surface area contributed by atoms with Crippen LogP contribution in [0.15, 0.2) is 24.4 Å². The SMILES string of the molecule is CC[C@H](NC(=O)[C@H](C)NC)C(=O)N1CC[C@@H]2[C@H]1[C@@H](c1c[nH]c3cc(C)ccc13)CN2C(C)=O. The number of fused-ring (bicyclic) bond motifs is 2. The fraction of sp³-hybridized carbons (Fsp3) is 0.560. The van der Waals surface area contributed by atoms with Crippen molar-refractivity contribution in [3.8, 4) is 0 Å². The molecule has 33 heavy (non-hydrogen) atoms. The third-order valence-electron chi connectivity index (χ3n) is 7.43. The zero-order chi connectivity index (χ0) is 23.9. The summed E-state index contributed by atoms with van der Waals surface area (Å²) in [5.41, 5.74) is 3.39. The number of hydrogen-bond donors (Lipinski definition) is 3. The molecule has 8 heteroatoms. The monoisotopic (exact) mass is 453 g/mol. The molecule has 0 aliphatic carbocycles. The maximum Gasteiger partial charge on any atom is 0.245 e. The van der Waals surface area contributed by atoms with Gasteiger partial charge in [-0.3, -0.25) is 14.4 Å². The molecule has 0 spiro atoms. The minimum Gasteiger partial charge on any atom is -0.361 e. The largest absolute Gasteiger partial charge is 0.361 e. The second kappa shape index (κ2) is 9.17. The number of nitrogens with zero attached hydrogens (tertiary/aromatic N) is 2. The zero-order valence-corrected chi connectivity index (χ0v) is 20.1. The number of aryl methyl sites for hydroxylation is 1. The second-order valence-corrected chi connectivity index (χ2v) is 9.43. The first-order valence-electron chi connectivity index (χ1n) is 11.9. The number of nitrogens with one attached hydrogen (secondary N) is 3. The van der Waals surface area contributed by atoms with E-state index in [1.54, 1.807) is 20.9 Å². The molecule has 8 nitrogen and oxygen atoms in total. The Hall–Kier alpha value is -2.87. The number of rotatable bonds is 6. The number of aromatic nitrogens is 1. The molecule has 0 saturated carbocycles. The summed E-state index contributed by atoms with van der Waals surface area (Å²) < 4.78 is 0. The maximum atomic E-state index is 13.6. The predicted molar refractivity (Wildman–Crippen MR) is 128 cm³/mol. The van der Waals surface area contributed by atoms with Crippen molar-refractivity contribution in [3.63, 3.8) is 0 Å². The van der Waals surface area contributed by atoms with Crippen LogP contribution in [0.3, 0.4) is 0 Å². The Bertz CT molecular complexity index is 1060. The van der Waals surface area contributed by atoms with Crippen LogP contribution in [0.4, 0.5) is 0 Å². The summed E-state index contributed by atoms with van der Waals surface area (Å²) >= 11 is 0. The van der Waals surface area contributed by atoms with E-state index in [0.29, 0.717) is 19.5 Å². The van der Waals surface area contributed by atoms with E-state index in [0.717, 1.165) is 22.9 Å². The Morgan fingerprint density at radius 2 is 2.00 bits per heavy atom. The standard InChI is InChI=1S/C25H35N5O3/c1-6-20(28-24(32)15(3)26-5)25(33)29-10-9-22-23(29)19(13-30(22)16(4)31)18-12-27-21-11-14(2)7-8-17(18)21/h7-8,11-12,15,19-20,22-23,26-27H,6,9-10,13H2,1-5H3,(H,28,32)/t15-,19+,20-,22+,23+/m0/s1. The summed E-state index contributed by atoms with van der Waals surface area (Å²) in [6, 6.07) is 5.28. The van der Waals surface area contributed by atoms with E-state index in [-0.39, 0.29) is 41.8 Å². The molecule has 1 aromatic heterocycles. The van der Waals surface area contributed by atoms with Crippen LogP contribution < -0.4 is 10.6 Å². The molecule has 2 aliphatic rings.